The molecule has 5 nitrogen and oxygen atoms in total. The zero-order chi connectivity index (χ0) is 19.0. The number of halogens is 1. The lowest BCUT2D eigenvalue weighted by atomic mass is 9.95. The Morgan fingerprint density at radius 3 is 2.48 bits per heavy atom. The molecule has 2 fully saturated rings. The maximum absolute atomic E-state index is 12.1. The summed E-state index contributed by atoms with van der Waals surface area (Å²) in [4.78, 5) is 16.7. The summed E-state index contributed by atoms with van der Waals surface area (Å²) in [6.07, 6.45) is 4.29. The summed E-state index contributed by atoms with van der Waals surface area (Å²) in [5.41, 5.74) is 3.48. The van der Waals surface area contributed by atoms with Crippen LogP contribution >= 0.6 is 11.6 Å². The van der Waals surface area contributed by atoms with Gasteiger partial charge in [0.15, 0.2) is 0 Å². The van der Waals surface area contributed by atoms with Crippen LogP contribution in [-0.2, 0) is 16.1 Å². The molecule has 1 saturated heterocycles. The largest absolute Gasteiger partial charge is 0.478 e. The highest BCUT2D eigenvalue weighted by atomic mass is 35.5. The second-order valence-electron chi connectivity index (χ2n) is 7.51. The summed E-state index contributed by atoms with van der Waals surface area (Å²) in [6.45, 7) is 5.74. The minimum absolute atomic E-state index is 0.0586. The number of carboxylic acids is 1. The van der Waals surface area contributed by atoms with Gasteiger partial charge in [0.05, 0.1) is 18.8 Å². The van der Waals surface area contributed by atoms with E-state index in [4.69, 9.17) is 16.3 Å². The van der Waals surface area contributed by atoms with Gasteiger partial charge in [-0.3, -0.25) is 4.90 Å². The molecule has 2 heterocycles. The zero-order valence-electron chi connectivity index (χ0n) is 15.5. The van der Waals surface area contributed by atoms with Crippen LogP contribution in [0.1, 0.15) is 25.3 Å². The topological polar surface area (TPSA) is 53.0 Å². The van der Waals surface area contributed by atoms with Gasteiger partial charge >= 0.3 is 5.97 Å². The van der Waals surface area contributed by atoms with E-state index in [1.807, 2.05) is 31.2 Å². The molecule has 1 aromatic rings. The van der Waals surface area contributed by atoms with Crippen molar-refractivity contribution < 1.29 is 14.6 Å². The van der Waals surface area contributed by atoms with Crippen molar-refractivity contribution in [1.82, 2.24) is 9.80 Å². The third kappa shape index (κ3) is 3.91. The van der Waals surface area contributed by atoms with Crippen molar-refractivity contribution in [1.29, 1.82) is 0 Å². The van der Waals surface area contributed by atoms with E-state index in [0.717, 1.165) is 42.8 Å². The fourth-order valence-electron chi connectivity index (χ4n) is 4.07. The van der Waals surface area contributed by atoms with Gasteiger partial charge in [0, 0.05) is 30.4 Å². The van der Waals surface area contributed by atoms with Crippen LogP contribution in [0.15, 0.2) is 47.2 Å². The molecule has 0 radical (unpaired) electrons. The molecule has 0 bridgehead atoms. The lowest BCUT2D eigenvalue weighted by Gasteiger charge is -2.45. The lowest BCUT2D eigenvalue weighted by Crippen LogP contribution is -2.52. The van der Waals surface area contributed by atoms with E-state index in [9.17, 15) is 9.90 Å². The van der Waals surface area contributed by atoms with Crippen molar-refractivity contribution >= 4 is 17.6 Å². The average Bonchev–Trinajstić information content (AvgIpc) is 3.49. The monoisotopic (exact) mass is 388 g/mol. The molecule has 1 N–H and O–H groups in total. The first-order valence-corrected chi connectivity index (χ1v) is 9.91. The molecule has 144 valence electrons. The molecule has 1 unspecified atom stereocenters. The number of hydrogen-bond donors (Lipinski definition) is 1. The number of hydrogen-bond acceptors (Lipinski definition) is 4. The predicted molar refractivity (Wildman–Crippen MR) is 104 cm³/mol. The number of rotatable bonds is 5. The maximum Gasteiger partial charge on any atom is 0.337 e. The van der Waals surface area contributed by atoms with Gasteiger partial charge in [0.25, 0.3) is 0 Å². The molecule has 1 atom stereocenters. The Morgan fingerprint density at radius 1 is 1.22 bits per heavy atom. The molecule has 2 aliphatic heterocycles. The minimum atomic E-state index is -0.827. The molecular weight excluding hydrogens is 364 g/mol. The summed E-state index contributed by atoms with van der Waals surface area (Å²) in [7, 11) is 0. The van der Waals surface area contributed by atoms with Gasteiger partial charge in [-0.05, 0) is 55.0 Å². The van der Waals surface area contributed by atoms with E-state index < -0.39 is 5.97 Å². The fourth-order valence-corrected chi connectivity index (χ4v) is 4.19. The van der Waals surface area contributed by atoms with Crippen molar-refractivity contribution in [2.24, 2.45) is 5.92 Å². The van der Waals surface area contributed by atoms with Crippen molar-refractivity contribution in [2.75, 3.05) is 26.3 Å². The number of morpholine rings is 1. The second-order valence-corrected chi connectivity index (χ2v) is 7.94. The summed E-state index contributed by atoms with van der Waals surface area (Å²) >= 11 is 6.05. The van der Waals surface area contributed by atoms with Gasteiger partial charge in [0.1, 0.15) is 6.17 Å². The van der Waals surface area contributed by atoms with E-state index in [1.165, 1.54) is 0 Å². The molecule has 27 heavy (non-hydrogen) atoms. The Bertz CT molecular complexity index is 777. The Balaban J connectivity index is 1.73. The lowest BCUT2D eigenvalue weighted by molar-refractivity contribution is -0.132. The molecule has 3 aliphatic rings. The predicted octanol–water partition coefficient (Wildman–Crippen LogP) is 3.51. The molecular formula is C21H25ClN2O3. The molecule has 1 saturated carbocycles. The van der Waals surface area contributed by atoms with Crippen LogP contribution in [0.3, 0.4) is 0 Å². The second kappa shape index (κ2) is 7.66. The maximum atomic E-state index is 12.1. The Labute approximate surface area is 164 Å². The smallest absolute Gasteiger partial charge is 0.337 e. The number of carboxylic acid groups (broad SMARTS) is 1. The highest BCUT2D eigenvalue weighted by Crippen LogP contribution is 2.45. The van der Waals surface area contributed by atoms with Gasteiger partial charge < -0.3 is 14.7 Å². The normalized spacial score (nSPS) is 24.1. The zero-order valence-corrected chi connectivity index (χ0v) is 16.3. The van der Waals surface area contributed by atoms with Crippen molar-refractivity contribution in [3.63, 3.8) is 0 Å². The van der Waals surface area contributed by atoms with Crippen LogP contribution in [0.5, 0.6) is 0 Å². The standard InChI is InChI=1S/C21H25ClN2O3/c1-14-12-18(23-8-10-27-11-9-23)24(13-15-2-6-17(22)7-3-15)20(16-4-5-16)19(14)21(25)26/h2-3,6-7,12,16,18H,4-5,8-11,13H2,1H3,(H,25,26). The number of carbonyl (C=O) groups is 1. The summed E-state index contributed by atoms with van der Waals surface area (Å²) in [5, 5.41) is 10.6. The minimum Gasteiger partial charge on any atom is -0.478 e. The van der Waals surface area contributed by atoms with E-state index in [0.29, 0.717) is 36.3 Å². The Morgan fingerprint density at radius 2 is 1.89 bits per heavy atom. The van der Waals surface area contributed by atoms with Gasteiger partial charge in [-0.2, -0.15) is 0 Å². The van der Waals surface area contributed by atoms with E-state index in [2.05, 4.69) is 15.9 Å². The summed E-state index contributed by atoms with van der Waals surface area (Å²) < 4.78 is 5.53. The van der Waals surface area contributed by atoms with Crippen LogP contribution in [0, 0.1) is 5.92 Å². The summed E-state index contributed by atoms with van der Waals surface area (Å²) in [6, 6.07) is 7.83. The molecule has 6 heteroatoms. The van der Waals surface area contributed by atoms with E-state index >= 15 is 0 Å². The average molecular weight is 389 g/mol. The van der Waals surface area contributed by atoms with Crippen molar-refractivity contribution in [3.8, 4) is 0 Å². The van der Waals surface area contributed by atoms with E-state index in [-0.39, 0.29) is 6.17 Å². The Kier molecular flexibility index (Phi) is 5.26. The molecule has 4 rings (SSSR count). The van der Waals surface area contributed by atoms with Gasteiger partial charge in [-0.25, -0.2) is 4.79 Å². The highest BCUT2D eigenvalue weighted by Gasteiger charge is 2.41. The van der Waals surface area contributed by atoms with Crippen LogP contribution in [-0.4, -0.2) is 53.3 Å². The first-order valence-electron chi connectivity index (χ1n) is 9.53. The first-order chi connectivity index (χ1) is 13.0. The third-order valence-electron chi connectivity index (χ3n) is 5.54. The third-order valence-corrected chi connectivity index (χ3v) is 5.79. The molecule has 0 amide bonds. The number of aliphatic carboxylic acids is 1. The molecule has 1 aliphatic carbocycles. The number of benzene rings is 1. The summed E-state index contributed by atoms with van der Waals surface area (Å²) in [5.74, 6) is -0.484. The quantitative estimate of drug-likeness (QED) is 0.836. The first kappa shape index (κ1) is 18.5. The molecule has 0 spiro atoms. The van der Waals surface area contributed by atoms with Crippen LogP contribution < -0.4 is 0 Å². The number of ether oxygens (including phenoxy) is 1. The molecule has 0 aromatic heterocycles. The van der Waals surface area contributed by atoms with Gasteiger partial charge in [0.2, 0.25) is 0 Å². The van der Waals surface area contributed by atoms with E-state index in [1.54, 1.807) is 0 Å². The number of allylic oxidation sites excluding steroid dienone is 1. The van der Waals surface area contributed by atoms with Crippen molar-refractivity contribution in [2.45, 2.75) is 32.5 Å². The van der Waals surface area contributed by atoms with Gasteiger partial charge in [-0.1, -0.05) is 23.7 Å². The SMILES string of the molecule is CC1=CC(N2CCOCC2)N(Cc2ccc(Cl)cc2)C(C2CC2)=C1C(=O)O. The Hall–Kier alpha value is -1.82. The van der Waals surface area contributed by atoms with Crippen LogP contribution in [0.25, 0.3) is 0 Å². The van der Waals surface area contributed by atoms with Crippen LogP contribution in [0.2, 0.25) is 5.02 Å². The van der Waals surface area contributed by atoms with Crippen LogP contribution in [0.4, 0.5) is 0 Å². The fraction of sp³-hybridized carbons (Fsp3) is 0.476. The molecule has 1 aromatic carbocycles. The van der Waals surface area contributed by atoms with Gasteiger partial charge in [-0.15, -0.1) is 0 Å². The van der Waals surface area contributed by atoms with Crippen molar-refractivity contribution in [3.05, 3.63) is 57.8 Å². The number of nitrogens with zero attached hydrogens (tertiary/aromatic N) is 2. The highest BCUT2D eigenvalue weighted by molar-refractivity contribution is 6.30.